The molecule has 3 aromatic rings. The van der Waals surface area contributed by atoms with Crippen molar-refractivity contribution < 1.29 is 22.7 Å². The Balaban J connectivity index is 1.44. The van der Waals surface area contributed by atoms with Gasteiger partial charge in [-0.15, -0.1) is 0 Å². The number of rotatable bonds is 11. The van der Waals surface area contributed by atoms with E-state index in [1.165, 1.54) is 0 Å². The number of amides is 1. The quantitative estimate of drug-likeness (QED) is 0.442. The SMILES string of the molecule is CC(C)Oc1ccc(NS(=O)(=O)CC(=O)NCc2ccc(COc3ccccc3)cc2)cc1. The summed E-state index contributed by atoms with van der Waals surface area (Å²) in [7, 11) is -3.83. The number of hydrogen-bond acceptors (Lipinski definition) is 5. The third kappa shape index (κ3) is 8.50. The van der Waals surface area contributed by atoms with Gasteiger partial charge in [0.05, 0.1) is 6.10 Å². The number of para-hydroxylation sites is 1. The molecule has 174 valence electrons. The molecular weight excluding hydrogens is 440 g/mol. The predicted molar refractivity (Wildman–Crippen MR) is 129 cm³/mol. The van der Waals surface area contributed by atoms with Crippen LogP contribution in [0.2, 0.25) is 0 Å². The fraction of sp³-hybridized carbons (Fsp3) is 0.240. The fourth-order valence-corrected chi connectivity index (χ4v) is 3.96. The van der Waals surface area contributed by atoms with E-state index >= 15 is 0 Å². The molecule has 0 aliphatic carbocycles. The molecule has 3 rings (SSSR count). The molecule has 0 spiro atoms. The summed E-state index contributed by atoms with van der Waals surface area (Å²) in [5.41, 5.74) is 2.22. The summed E-state index contributed by atoms with van der Waals surface area (Å²) < 4.78 is 38.2. The Kier molecular flexibility index (Phi) is 8.32. The lowest BCUT2D eigenvalue weighted by molar-refractivity contribution is -0.118. The standard InChI is InChI=1S/C25H28N2O5S/c1-19(2)32-24-14-12-22(13-15-24)27-33(29,30)18-25(28)26-16-20-8-10-21(11-9-20)17-31-23-6-4-3-5-7-23/h3-15,19,27H,16-18H2,1-2H3,(H,26,28). The maximum atomic E-state index is 12.3. The van der Waals surface area contributed by atoms with E-state index in [9.17, 15) is 13.2 Å². The molecule has 1 amide bonds. The van der Waals surface area contributed by atoms with E-state index in [0.29, 0.717) is 18.0 Å². The average Bonchev–Trinajstić information content (AvgIpc) is 2.78. The first-order valence-electron chi connectivity index (χ1n) is 10.6. The Bertz CT molecular complexity index is 1130. The summed E-state index contributed by atoms with van der Waals surface area (Å²) in [6.45, 7) is 4.48. The van der Waals surface area contributed by atoms with Crippen LogP contribution in [0.4, 0.5) is 5.69 Å². The number of ether oxygens (including phenoxy) is 2. The number of hydrogen-bond donors (Lipinski definition) is 2. The zero-order valence-electron chi connectivity index (χ0n) is 18.7. The van der Waals surface area contributed by atoms with E-state index in [4.69, 9.17) is 9.47 Å². The first kappa shape index (κ1) is 24.1. The number of carbonyl (C=O) groups excluding carboxylic acids is 1. The van der Waals surface area contributed by atoms with Crippen LogP contribution in [-0.4, -0.2) is 26.2 Å². The molecule has 0 saturated heterocycles. The predicted octanol–water partition coefficient (Wildman–Crippen LogP) is 4.11. The maximum absolute atomic E-state index is 12.3. The smallest absolute Gasteiger partial charge is 0.241 e. The van der Waals surface area contributed by atoms with Gasteiger partial charge in [-0.05, 0) is 61.4 Å². The van der Waals surface area contributed by atoms with Crippen molar-refractivity contribution in [2.24, 2.45) is 0 Å². The minimum atomic E-state index is -3.83. The summed E-state index contributed by atoms with van der Waals surface area (Å²) in [6, 6.07) is 23.6. The van der Waals surface area contributed by atoms with Gasteiger partial charge in [0, 0.05) is 12.2 Å². The summed E-state index contributed by atoms with van der Waals surface area (Å²) in [4.78, 5) is 12.2. The van der Waals surface area contributed by atoms with E-state index < -0.39 is 21.7 Å². The van der Waals surface area contributed by atoms with Crippen LogP contribution < -0.4 is 19.5 Å². The third-order valence-electron chi connectivity index (χ3n) is 4.48. The zero-order chi connectivity index (χ0) is 23.7. The van der Waals surface area contributed by atoms with Crippen molar-refractivity contribution >= 4 is 21.6 Å². The highest BCUT2D eigenvalue weighted by Crippen LogP contribution is 2.18. The summed E-state index contributed by atoms with van der Waals surface area (Å²) in [5.74, 6) is 0.186. The van der Waals surface area contributed by atoms with Crippen LogP contribution in [0.5, 0.6) is 11.5 Å². The second-order valence-electron chi connectivity index (χ2n) is 7.75. The lowest BCUT2D eigenvalue weighted by Crippen LogP contribution is -2.32. The molecule has 7 nitrogen and oxygen atoms in total. The molecule has 3 aromatic carbocycles. The Morgan fingerprint density at radius 1 is 0.848 bits per heavy atom. The molecule has 33 heavy (non-hydrogen) atoms. The van der Waals surface area contributed by atoms with Gasteiger partial charge in [0.25, 0.3) is 0 Å². The normalized spacial score (nSPS) is 11.1. The lowest BCUT2D eigenvalue weighted by Gasteiger charge is -2.12. The molecule has 8 heteroatoms. The Morgan fingerprint density at radius 3 is 2.12 bits per heavy atom. The van der Waals surface area contributed by atoms with Gasteiger partial charge in [-0.25, -0.2) is 8.42 Å². The van der Waals surface area contributed by atoms with E-state index in [-0.39, 0.29) is 12.6 Å². The van der Waals surface area contributed by atoms with Gasteiger partial charge < -0.3 is 14.8 Å². The van der Waals surface area contributed by atoms with Gasteiger partial charge in [-0.2, -0.15) is 0 Å². The van der Waals surface area contributed by atoms with Crippen molar-refractivity contribution in [1.29, 1.82) is 0 Å². The number of nitrogens with one attached hydrogen (secondary N) is 2. The van der Waals surface area contributed by atoms with E-state index in [1.807, 2.05) is 68.4 Å². The largest absolute Gasteiger partial charge is 0.491 e. The second-order valence-corrected chi connectivity index (χ2v) is 9.47. The number of anilines is 1. The minimum absolute atomic E-state index is 0.0232. The van der Waals surface area contributed by atoms with Crippen LogP contribution >= 0.6 is 0 Å². The first-order valence-corrected chi connectivity index (χ1v) is 12.2. The van der Waals surface area contributed by atoms with Crippen LogP contribution in [0.3, 0.4) is 0 Å². The topological polar surface area (TPSA) is 93.7 Å². The minimum Gasteiger partial charge on any atom is -0.491 e. The molecule has 0 atom stereocenters. The number of sulfonamides is 1. The molecule has 0 bridgehead atoms. The molecule has 0 heterocycles. The van der Waals surface area contributed by atoms with Crippen molar-refractivity contribution in [2.75, 3.05) is 10.5 Å². The molecule has 0 fully saturated rings. The molecule has 0 saturated carbocycles. The Hall–Kier alpha value is -3.52. The monoisotopic (exact) mass is 468 g/mol. The van der Waals surface area contributed by atoms with E-state index in [0.717, 1.165) is 16.9 Å². The van der Waals surface area contributed by atoms with Crippen molar-refractivity contribution in [2.45, 2.75) is 33.1 Å². The molecule has 0 unspecified atom stereocenters. The van der Waals surface area contributed by atoms with Gasteiger partial charge >= 0.3 is 0 Å². The Labute approximate surface area is 194 Å². The molecule has 2 N–H and O–H groups in total. The molecule has 0 radical (unpaired) electrons. The molecule has 0 aliphatic rings. The third-order valence-corrected chi connectivity index (χ3v) is 5.67. The number of carbonyl (C=O) groups is 1. The molecule has 0 aliphatic heterocycles. The van der Waals surface area contributed by atoms with Crippen molar-refractivity contribution in [1.82, 2.24) is 5.32 Å². The zero-order valence-corrected chi connectivity index (χ0v) is 19.5. The van der Waals surface area contributed by atoms with Gasteiger partial charge in [0.1, 0.15) is 23.9 Å². The number of benzene rings is 3. The van der Waals surface area contributed by atoms with Gasteiger partial charge in [-0.1, -0.05) is 42.5 Å². The van der Waals surface area contributed by atoms with E-state index in [2.05, 4.69) is 10.0 Å². The Morgan fingerprint density at radius 2 is 1.48 bits per heavy atom. The van der Waals surface area contributed by atoms with E-state index in [1.54, 1.807) is 24.3 Å². The van der Waals surface area contributed by atoms with Gasteiger partial charge in [-0.3, -0.25) is 9.52 Å². The van der Waals surface area contributed by atoms with Gasteiger partial charge in [0.15, 0.2) is 0 Å². The summed E-state index contributed by atoms with van der Waals surface area (Å²) in [6.07, 6.45) is 0.0232. The van der Waals surface area contributed by atoms with Crippen molar-refractivity contribution in [3.63, 3.8) is 0 Å². The van der Waals surface area contributed by atoms with Crippen molar-refractivity contribution in [3.05, 3.63) is 90.0 Å². The van der Waals surface area contributed by atoms with Crippen LogP contribution in [-0.2, 0) is 28.0 Å². The maximum Gasteiger partial charge on any atom is 0.241 e. The highest BCUT2D eigenvalue weighted by atomic mass is 32.2. The highest BCUT2D eigenvalue weighted by Gasteiger charge is 2.16. The second kappa shape index (κ2) is 11.4. The fourth-order valence-electron chi connectivity index (χ4n) is 2.95. The summed E-state index contributed by atoms with van der Waals surface area (Å²) in [5, 5.41) is 2.64. The lowest BCUT2D eigenvalue weighted by atomic mass is 10.1. The van der Waals surface area contributed by atoms with Gasteiger partial charge in [0.2, 0.25) is 15.9 Å². The van der Waals surface area contributed by atoms with Crippen LogP contribution in [0.15, 0.2) is 78.9 Å². The van der Waals surface area contributed by atoms with Crippen LogP contribution in [0.25, 0.3) is 0 Å². The summed E-state index contributed by atoms with van der Waals surface area (Å²) >= 11 is 0. The average molecular weight is 469 g/mol. The molecule has 0 aromatic heterocycles. The first-order chi connectivity index (χ1) is 15.8. The van der Waals surface area contributed by atoms with Crippen LogP contribution in [0, 0.1) is 0 Å². The van der Waals surface area contributed by atoms with Crippen LogP contribution in [0.1, 0.15) is 25.0 Å². The van der Waals surface area contributed by atoms with Crippen molar-refractivity contribution in [3.8, 4) is 11.5 Å². The highest BCUT2D eigenvalue weighted by molar-refractivity contribution is 7.93. The molecular formula is C25H28N2O5S.